The Bertz CT molecular complexity index is 1930. The number of allylic oxidation sites excluding steroid dienone is 3. The number of aliphatic hydroxyl groups is 1. The second kappa shape index (κ2) is 13.5. The van der Waals surface area contributed by atoms with Crippen molar-refractivity contribution in [1.29, 1.82) is 5.41 Å². The van der Waals surface area contributed by atoms with Gasteiger partial charge in [-0.05, 0) is 87.1 Å². The molecule has 2 aromatic carbocycles. The molecular weight excluding hydrogens is 656 g/mol. The SMILES string of the molecule is C/C=C1\C(=N)C(c2cc(O)cc3ccc(F)c(CC)c23)=C(F)c2nc(OCC3(CN4CC(C)OC(C)C4)CC3)nc(N3CCOCC(C)(O)C3)c21. The van der Waals surface area contributed by atoms with Crippen molar-refractivity contribution >= 4 is 39.3 Å². The lowest BCUT2D eigenvalue weighted by Gasteiger charge is -2.37. The monoisotopic (exact) mass is 703 g/mol. The van der Waals surface area contributed by atoms with Crippen molar-refractivity contribution < 1.29 is 33.2 Å². The molecule has 1 saturated carbocycles. The van der Waals surface area contributed by atoms with Gasteiger partial charge in [0.1, 0.15) is 28.7 Å². The summed E-state index contributed by atoms with van der Waals surface area (Å²) in [6.07, 6.45) is 4.28. The zero-order valence-corrected chi connectivity index (χ0v) is 30.0. The molecule has 0 bridgehead atoms. The number of nitrogens with zero attached hydrogens (tertiary/aromatic N) is 4. The minimum absolute atomic E-state index is 0.0111. The van der Waals surface area contributed by atoms with Crippen molar-refractivity contribution in [1.82, 2.24) is 14.9 Å². The maximum atomic E-state index is 17.4. The molecule has 3 heterocycles. The van der Waals surface area contributed by atoms with E-state index in [0.717, 1.165) is 32.5 Å². The number of aryl methyl sites for hydroxylation is 1. The number of aromatic nitrogens is 2. The van der Waals surface area contributed by atoms with Gasteiger partial charge in [-0.3, -0.25) is 10.3 Å². The highest BCUT2D eigenvalue weighted by molar-refractivity contribution is 6.50. The number of nitrogens with one attached hydrogen (secondary N) is 1. The summed E-state index contributed by atoms with van der Waals surface area (Å²) < 4.78 is 50.6. The van der Waals surface area contributed by atoms with Gasteiger partial charge in [-0.1, -0.05) is 19.1 Å². The number of hydrogen-bond donors (Lipinski definition) is 3. The van der Waals surface area contributed by atoms with Crippen LogP contribution in [0, 0.1) is 16.6 Å². The fraction of sp³-hybridized carbons (Fsp3) is 0.513. The number of fused-ring (bicyclic) bond motifs is 2. The molecule has 2 aliphatic carbocycles. The van der Waals surface area contributed by atoms with Crippen LogP contribution >= 0.6 is 0 Å². The molecule has 7 rings (SSSR count). The summed E-state index contributed by atoms with van der Waals surface area (Å²) in [5, 5.41) is 32.3. The zero-order chi connectivity index (χ0) is 36.2. The quantitative estimate of drug-likeness (QED) is 0.253. The van der Waals surface area contributed by atoms with Gasteiger partial charge in [-0.25, -0.2) is 8.78 Å². The average molecular weight is 704 g/mol. The highest BCUT2D eigenvalue weighted by Crippen LogP contribution is 2.49. The molecule has 272 valence electrons. The Morgan fingerprint density at radius 1 is 1.14 bits per heavy atom. The van der Waals surface area contributed by atoms with E-state index in [1.54, 1.807) is 26.0 Å². The number of morpholine rings is 1. The van der Waals surface area contributed by atoms with Crippen molar-refractivity contribution in [3.63, 3.8) is 0 Å². The highest BCUT2D eigenvalue weighted by atomic mass is 19.1. The van der Waals surface area contributed by atoms with Crippen LogP contribution in [0.5, 0.6) is 11.8 Å². The molecule has 3 fully saturated rings. The Labute approximate surface area is 297 Å². The normalized spacial score (nSPS) is 26.1. The van der Waals surface area contributed by atoms with Crippen LogP contribution in [-0.4, -0.2) is 101 Å². The topological polar surface area (TPSA) is 124 Å². The van der Waals surface area contributed by atoms with Crippen LogP contribution in [0.25, 0.3) is 27.7 Å². The third-order valence-electron chi connectivity index (χ3n) is 10.4. The number of halogens is 2. The number of ether oxygens (including phenoxy) is 3. The lowest BCUT2D eigenvalue weighted by atomic mass is 9.82. The Hall–Kier alpha value is -3.97. The zero-order valence-electron chi connectivity index (χ0n) is 30.0. The minimum Gasteiger partial charge on any atom is -0.508 e. The number of hydrogen-bond acceptors (Lipinski definition) is 10. The molecule has 1 aromatic heterocycles. The molecule has 51 heavy (non-hydrogen) atoms. The van der Waals surface area contributed by atoms with Gasteiger partial charge >= 0.3 is 6.01 Å². The first-order valence-electron chi connectivity index (χ1n) is 17.9. The molecule has 12 heteroatoms. The van der Waals surface area contributed by atoms with Crippen molar-refractivity contribution in [2.24, 2.45) is 5.41 Å². The first-order chi connectivity index (χ1) is 24.3. The molecule has 3 N–H and O–H groups in total. The van der Waals surface area contributed by atoms with Gasteiger partial charge < -0.3 is 29.3 Å². The number of benzene rings is 2. The maximum absolute atomic E-state index is 17.4. The summed E-state index contributed by atoms with van der Waals surface area (Å²) in [5.74, 6) is -1.06. The second-order valence-corrected chi connectivity index (χ2v) is 15.0. The third kappa shape index (κ3) is 6.86. The molecule has 2 aliphatic heterocycles. The molecule has 3 aromatic rings. The Morgan fingerprint density at radius 2 is 1.88 bits per heavy atom. The van der Waals surface area contributed by atoms with Crippen LogP contribution in [0.15, 0.2) is 30.3 Å². The molecular formula is C39H47F2N5O5. The number of phenolic OH excluding ortho intramolecular Hbond substituents is 1. The molecule has 3 atom stereocenters. The molecule has 3 unspecified atom stereocenters. The summed E-state index contributed by atoms with van der Waals surface area (Å²) in [7, 11) is 0. The summed E-state index contributed by atoms with van der Waals surface area (Å²) in [6, 6.07) is 5.77. The van der Waals surface area contributed by atoms with Crippen molar-refractivity contribution in [3.05, 3.63) is 58.5 Å². The van der Waals surface area contributed by atoms with Gasteiger partial charge in [-0.15, -0.1) is 0 Å². The number of aromatic hydroxyl groups is 1. The van der Waals surface area contributed by atoms with E-state index in [0.29, 0.717) is 59.5 Å². The van der Waals surface area contributed by atoms with Crippen LogP contribution in [-0.2, 0) is 15.9 Å². The molecule has 4 aliphatic rings. The Balaban J connectivity index is 1.36. The Kier molecular flexibility index (Phi) is 9.41. The van der Waals surface area contributed by atoms with Gasteiger partial charge in [0.05, 0.1) is 49.8 Å². The average Bonchev–Trinajstić information content (AvgIpc) is 3.86. The number of phenols is 1. The third-order valence-corrected chi connectivity index (χ3v) is 10.4. The highest BCUT2D eigenvalue weighted by Gasteiger charge is 2.46. The van der Waals surface area contributed by atoms with Crippen LogP contribution in [0.1, 0.15) is 69.8 Å². The van der Waals surface area contributed by atoms with Crippen molar-refractivity contribution in [2.75, 3.05) is 57.4 Å². The molecule has 0 amide bonds. The van der Waals surface area contributed by atoms with E-state index in [2.05, 4.69) is 23.7 Å². The number of anilines is 1. The molecule has 2 saturated heterocycles. The van der Waals surface area contributed by atoms with Gasteiger partial charge in [0.25, 0.3) is 0 Å². The largest absolute Gasteiger partial charge is 0.508 e. The Morgan fingerprint density at radius 3 is 2.57 bits per heavy atom. The first-order valence-corrected chi connectivity index (χ1v) is 17.9. The van der Waals surface area contributed by atoms with Gasteiger partial charge in [-0.2, -0.15) is 9.97 Å². The van der Waals surface area contributed by atoms with Gasteiger partial charge in [0.2, 0.25) is 0 Å². The molecule has 0 radical (unpaired) electrons. The predicted molar refractivity (Wildman–Crippen MR) is 194 cm³/mol. The number of β-amino-alcohol motifs (C(OH)–C–C–N with tert-alkyl or cyclic N) is 1. The van der Waals surface area contributed by atoms with Gasteiger partial charge in [0, 0.05) is 42.7 Å². The predicted octanol–water partition coefficient (Wildman–Crippen LogP) is 6.17. The van der Waals surface area contributed by atoms with E-state index in [4.69, 9.17) is 19.2 Å². The van der Waals surface area contributed by atoms with E-state index >= 15 is 8.78 Å². The lowest BCUT2D eigenvalue weighted by molar-refractivity contribution is -0.0741. The van der Waals surface area contributed by atoms with E-state index in [9.17, 15) is 15.6 Å². The van der Waals surface area contributed by atoms with Crippen LogP contribution < -0.4 is 9.64 Å². The fourth-order valence-electron chi connectivity index (χ4n) is 8.02. The standard InChI is InChI=1S/C39H47F2N5O5/c1-6-26-29(40)9-8-24-14-25(47)15-28(30(24)26)31-33(41)35-32(27(7-2)34(31)42)36(46-12-13-49-20-38(5,48)18-46)44-37(43-35)50-21-39(10-11-39)19-45-16-22(3)51-23(4)17-45/h7-9,14-15,22-23,42,47-48H,6,10-13,16-21H2,1-5H3/b27-7-,42-34?. The van der Waals surface area contributed by atoms with Crippen molar-refractivity contribution in [3.8, 4) is 11.8 Å². The smallest absolute Gasteiger partial charge is 0.319 e. The first kappa shape index (κ1) is 35.4. The fourth-order valence-corrected chi connectivity index (χ4v) is 8.02. The van der Waals surface area contributed by atoms with Crippen LogP contribution in [0.2, 0.25) is 0 Å². The van der Waals surface area contributed by atoms with E-state index in [-0.39, 0.29) is 65.1 Å². The van der Waals surface area contributed by atoms with Gasteiger partial charge in [0.15, 0.2) is 5.83 Å². The lowest BCUT2D eigenvalue weighted by Crippen LogP contribution is -2.48. The summed E-state index contributed by atoms with van der Waals surface area (Å²) >= 11 is 0. The van der Waals surface area contributed by atoms with Crippen molar-refractivity contribution in [2.45, 2.75) is 71.7 Å². The molecule has 10 nitrogen and oxygen atoms in total. The second-order valence-electron chi connectivity index (χ2n) is 15.0. The van der Waals surface area contributed by atoms with Crippen LogP contribution in [0.4, 0.5) is 14.6 Å². The summed E-state index contributed by atoms with van der Waals surface area (Å²) in [6.45, 7) is 13.2. The summed E-state index contributed by atoms with van der Waals surface area (Å²) in [4.78, 5) is 13.8. The van der Waals surface area contributed by atoms with Crippen LogP contribution in [0.3, 0.4) is 0 Å². The maximum Gasteiger partial charge on any atom is 0.319 e. The summed E-state index contributed by atoms with van der Waals surface area (Å²) in [5.41, 5.74) is -0.395. The number of rotatable bonds is 8. The molecule has 0 spiro atoms. The van der Waals surface area contributed by atoms with E-state index in [1.807, 2.05) is 11.8 Å². The van der Waals surface area contributed by atoms with E-state index in [1.165, 1.54) is 18.2 Å². The van der Waals surface area contributed by atoms with E-state index < -0.39 is 17.2 Å². The minimum atomic E-state index is -1.22.